The molecule has 0 fully saturated rings. The number of rotatable bonds is 23. The lowest BCUT2D eigenvalue weighted by Crippen LogP contribution is -2.21. The number of hydrogen-bond donors (Lipinski definition) is 0. The molecule has 1 aliphatic rings. The first-order valence-electron chi connectivity index (χ1n) is 39.8. The summed E-state index contributed by atoms with van der Waals surface area (Å²) in [5, 5.41) is 6.80. The molecular formula is C86H104Br2ClF15N2O21S7. The van der Waals surface area contributed by atoms with Gasteiger partial charge in [-0.2, -0.15) is 43.9 Å². The number of nitro groups is 1. The summed E-state index contributed by atoms with van der Waals surface area (Å²) in [5.74, 6) is -2.57. The van der Waals surface area contributed by atoms with Gasteiger partial charge in [-0.25, -0.2) is 67.7 Å². The third-order valence-corrected chi connectivity index (χ3v) is 34.1. The number of fused-ring (bicyclic) bond motifs is 1. The second-order valence-corrected chi connectivity index (χ2v) is 50.7. The van der Waals surface area contributed by atoms with E-state index in [1.807, 2.05) is 20.8 Å². The fourth-order valence-electron chi connectivity index (χ4n) is 9.69. The molecule has 0 unspecified atom stereocenters. The molecule has 0 spiro atoms. The number of carbonyl (C=O) groups is 1. The summed E-state index contributed by atoms with van der Waals surface area (Å²) in [4.78, 5) is 23.4. The van der Waals surface area contributed by atoms with Gasteiger partial charge in [0, 0.05) is 45.9 Å². The van der Waals surface area contributed by atoms with E-state index in [0.717, 1.165) is 78.5 Å². The second kappa shape index (κ2) is 52.7. The predicted octanol–water partition coefficient (Wildman–Crippen LogP) is 23.1. The lowest BCUT2D eigenvalue weighted by atomic mass is 9.99. The van der Waals surface area contributed by atoms with Gasteiger partial charge in [0.05, 0.1) is 94.1 Å². The molecule has 1 aromatic heterocycles. The van der Waals surface area contributed by atoms with E-state index in [-0.39, 0.29) is 57.2 Å². The monoisotopic (exact) mass is 2200 g/mol. The van der Waals surface area contributed by atoms with Crippen molar-refractivity contribution in [3.63, 3.8) is 0 Å². The Kier molecular flexibility index (Phi) is 48.7. The van der Waals surface area contributed by atoms with Crippen LogP contribution in [0.25, 0.3) is 0 Å². The van der Waals surface area contributed by atoms with Crippen molar-refractivity contribution in [1.29, 1.82) is 0 Å². The molecule has 23 nitrogen and oxygen atoms in total. The summed E-state index contributed by atoms with van der Waals surface area (Å²) < 4.78 is 368. The van der Waals surface area contributed by atoms with E-state index in [1.54, 1.807) is 91.8 Å². The molecule has 0 bridgehead atoms. The first-order chi connectivity index (χ1) is 60.9. The molecule has 752 valence electrons. The molecule has 0 radical (unpaired) electrons. The Bertz CT molecular complexity index is 6050. The normalized spacial score (nSPS) is 12.6. The minimum absolute atomic E-state index is 0.111. The standard InChI is InChI=1S/C11H11F3O.C11H13F3.C11H14O4S.C10H10BrF3O3S.C9H9BrF2O2S.C9H11ClO2S.C9H10F3NO2S.C9H10FNO4S.C7H16O3S/c1-7(2)10(15)8-4-3-5-9(6-8)11(12,13)14;1-8(2)6-9-4-3-5-10(7-9)11(12,13)14;1-8(2)16(12,13)9-3-4-10-11(7-9)15-6-5-14-10;1-6(2)18(15,16)9-4-3-7(11)5-8(9)17-10(12,13)14;1-5(2)15(13,14)6-3-7(11)9(10)8(12)4-6;1-7(2)13(11,12)9-5-3-4-8(10)6-9;1-6(2)16(14,15)7-3-4-8(13-5-7)9(10,11)12;1-6(2)16(14,15)7-3-4-8(10)9(5-7)11(12)13;1-4-10-5-6-11(8,9)7(2)3/h3-7H,1-2H3;3-5,7-8H,6H2,1-2H3;3-4,7-8H,5-6H2,1-2H3;3-6H,1-2H3;3-5H,1-2H3;3-7H,1-2H3;2*3-6H,1-2H3;7H,4-6H2,1-3H3. The summed E-state index contributed by atoms with van der Waals surface area (Å²) >= 11 is 11.3. The van der Waals surface area contributed by atoms with E-state index in [9.17, 15) is 140 Å². The first kappa shape index (κ1) is 124. The molecule has 0 atom stereocenters. The molecule has 7 aromatic carbocycles. The van der Waals surface area contributed by atoms with Crippen molar-refractivity contribution >= 4 is 124 Å². The van der Waals surface area contributed by atoms with Gasteiger partial charge in [0.25, 0.3) is 0 Å². The van der Waals surface area contributed by atoms with Gasteiger partial charge in [0.2, 0.25) is 5.82 Å². The van der Waals surface area contributed by atoms with E-state index in [2.05, 4.69) is 41.6 Å². The molecule has 2 heterocycles. The van der Waals surface area contributed by atoms with Crippen molar-refractivity contribution in [3.05, 3.63) is 227 Å². The first-order valence-corrected chi connectivity index (χ1v) is 52.8. The molecular weight excluding hydrogens is 2100 g/mol. The SMILES string of the molecule is CC(C)C(=O)c1cccc(C(F)(F)F)c1.CC(C)Cc1cccc(C(F)(F)F)c1.CC(C)S(=O)(=O)c1cc(F)c(Br)c(F)c1.CC(C)S(=O)(=O)c1ccc(Br)cc1OC(F)(F)F.CC(C)S(=O)(=O)c1ccc(C(F)(F)F)nc1.CC(C)S(=O)(=O)c1ccc(F)c([N+](=O)[O-])c1.CC(C)S(=O)(=O)c1ccc2c(c1)OCCO2.CC(C)S(=O)(=O)c1cccc(Cl)c1.CCOCCS(=O)(=O)C(C)C. The number of ketones is 1. The van der Waals surface area contributed by atoms with Crippen LogP contribution in [0.15, 0.2) is 196 Å². The lowest BCUT2D eigenvalue weighted by Gasteiger charge is -2.19. The van der Waals surface area contributed by atoms with Crippen LogP contribution in [-0.4, -0.2) is 150 Å². The highest BCUT2D eigenvalue weighted by molar-refractivity contribution is 9.10. The molecule has 0 amide bonds. The number of carbonyl (C=O) groups excluding carboxylic acids is 1. The molecule has 0 saturated carbocycles. The van der Waals surface area contributed by atoms with E-state index in [0.29, 0.717) is 65.8 Å². The number of hydrogen-bond acceptors (Lipinski definition) is 22. The van der Waals surface area contributed by atoms with Gasteiger partial charge in [0.15, 0.2) is 86.1 Å². The number of nitrogens with zero attached hydrogens (tertiary/aromatic N) is 2. The summed E-state index contributed by atoms with van der Waals surface area (Å²) in [5.41, 5.74) is -2.42. The number of ether oxygens (including phenoxy) is 4. The minimum Gasteiger partial charge on any atom is -0.486 e. The minimum atomic E-state index is -4.94. The number of pyridine rings is 1. The Morgan fingerprint density at radius 1 is 0.470 bits per heavy atom. The van der Waals surface area contributed by atoms with Crippen LogP contribution in [0.4, 0.5) is 71.5 Å². The molecule has 0 aliphatic carbocycles. The van der Waals surface area contributed by atoms with Gasteiger partial charge in [0.1, 0.15) is 41.2 Å². The Balaban J connectivity index is 0.000000756. The zero-order chi connectivity index (χ0) is 104. The molecule has 48 heteroatoms. The van der Waals surface area contributed by atoms with Crippen LogP contribution in [0.2, 0.25) is 5.02 Å². The van der Waals surface area contributed by atoms with Crippen LogP contribution < -0.4 is 14.2 Å². The van der Waals surface area contributed by atoms with Crippen LogP contribution in [0, 0.1) is 39.4 Å². The fourth-order valence-corrected chi connectivity index (χ4v) is 17.8. The zero-order valence-corrected chi connectivity index (χ0v) is 85.2. The maximum absolute atomic E-state index is 13.1. The lowest BCUT2D eigenvalue weighted by molar-refractivity contribution is -0.387. The number of halogens is 18. The Morgan fingerprint density at radius 2 is 0.903 bits per heavy atom. The second-order valence-electron chi connectivity index (χ2n) is 30.9. The maximum Gasteiger partial charge on any atom is 0.573 e. The number of Topliss-reactive ketones (excluding diaryl/α,β-unsaturated/α-hetero) is 1. The van der Waals surface area contributed by atoms with Gasteiger partial charge in [-0.15, -0.1) is 13.2 Å². The van der Waals surface area contributed by atoms with Crippen LogP contribution in [0.1, 0.15) is 164 Å². The van der Waals surface area contributed by atoms with Crippen molar-refractivity contribution in [1.82, 2.24) is 4.98 Å². The van der Waals surface area contributed by atoms with Gasteiger partial charge < -0.3 is 18.9 Å². The van der Waals surface area contributed by atoms with Crippen molar-refractivity contribution in [2.24, 2.45) is 11.8 Å². The van der Waals surface area contributed by atoms with Crippen molar-refractivity contribution in [2.45, 2.75) is 229 Å². The third-order valence-electron chi connectivity index (χ3n) is 17.5. The van der Waals surface area contributed by atoms with Crippen LogP contribution in [0.5, 0.6) is 17.2 Å². The number of nitro benzene ring substituents is 1. The Morgan fingerprint density at radius 3 is 1.32 bits per heavy atom. The summed E-state index contributed by atoms with van der Waals surface area (Å²) in [6.07, 6.45) is -16.7. The van der Waals surface area contributed by atoms with Gasteiger partial charge in [-0.05, 0) is 241 Å². The van der Waals surface area contributed by atoms with Gasteiger partial charge >= 0.3 is 30.6 Å². The molecule has 1 aliphatic heterocycles. The predicted molar refractivity (Wildman–Crippen MR) is 486 cm³/mol. The average molecular weight is 2210 g/mol. The van der Waals surface area contributed by atoms with Crippen molar-refractivity contribution in [2.75, 3.05) is 32.2 Å². The summed E-state index contributed by atoms with van der Waals surface area (Å²) in [6, 6.07) is 30.2. The molecule has 0 N–H and O–H groups in total. The smallest absolute Gasteiger partial charge is 0.486 e. The Hall–Kier alpha value is -8.03. The zero-order valence-electron chi connectivity index (χ0n) is 75.6. The van der Waals surface area contributed by atoms with E-state index < -0.39 is 181 Å². The van der Waals surface area contributed by atoms with E-state index in [4.69, 9.17) is 25.8 Å². The summed E-state index contributed by atoms with van der Waals surface area (Å²) in [6.45, 7) is 32.4. The number of alkyl halides is 12. The maximum atomic E-state index is 13.1. The molecule has 8 aromatic rings. The number of aromatic nitrogens is 1. The molecule has 0 saturated heterocycles. The van der Waals surface area contributed by atoms with E-state index >= 15 is 0 Å². The molecule has 9 rings (SSSR count). The summed E-state index contributed by atoms with van der Waals surface area (Å²) in [7, 11) is -24.0. The van der Waals surface area contributed by atoms with Crippen molar-refractivity contribution < 1.29 is 153 Å². The number of benzene rings is 7. The van der Waals surface area contributed by atoms with Crippen molar-refractivity contribution in [3.8, 4) is 17.2 Å². The highest BCUT2D eigenvalue weighted by Crippen LogP contribution is 2.38. The van der Waals surface area contributed by atoms with Crippen LogP contribution >= 0.6 is 43.5 Å². The Labute approximate surface area is 793 Å². The third kappa shape index (κ3) is 39.8. The van der Waals surface area contributed by atoms with Gasteiger partial charge in [-0.1, -0.05) is 91.6 Å². The van der Waals surface area contributed by atoms with E-state index in [1.165, 1.54) is 97.9 Å². The quantitative estimate of drug-likeness (QED) is 0.0109. The molecule has 134 heavy (non-hydrogen) atoms. The largest absolute Gasteiger partial charge is 0.573 e. The average Bonchev–Trinajstić information content (AvgIpc) is 0.760. The van der Waals surface area contributed by atoms with Gasteiger partial charge in [-0.3, -0.25) is 19.9 Å². The van der Waals surface area contributed by atoms with Crippen LogP contribution in [0.3, 0.4) is 0 Å². The number of sulfone groups is 7. The highest BCUT2D eigenvalue weighted by Gasteiger charge is 2.38. The van der Waals surface area contributed by atoms with Crippen LogP contribution in [-0.2, 0) is 98.5 Å². The fraction of sp³-hybridized carbons (Fsp3) is 0.442. The topological polar surface area (TPSA) is 349 Å². The highest BCUT2D eigenvalue weighted by atomic mass is 79.9.